The maximum absolute atomic E-state index is 12.8. The zero-order valence-electron chi connectivity index (χ0n) is 14.4. The highest BCUT2D eigenvalue weighted by molar-refractivity contribution is 7.89. The van der Waals surface area contributed by atoms with E-state index in [0.717, 1.165) is 12.0 Å². The summed E-state index contributed by atoms with van der Waals surface area (Å²) in [7, 11) is -3.14. The Morgan fingerprint density at radius 3 is 2.32 bits per heavy atom. The molecule has 2 aromatic carbocycles. The van der Waals surface area contributed by atoms with Crippen LogP contribution in [-0.2, 0) is 22.0 Å². The molecule has 1 amide bonds. The van der Waals surface area contributed by atoms with Gasteiger partial charge in [0.2, 0.25) is 0 Å². The van der Waals surface area contributed by atoms with Crippen LogP contribution in [0.5, 0.6) is 0 Å². The van der Waals surface area contributed by atoms with Gasteiger partial charge < -0.3 is 10.6 Å². The summed E-state index contributed by atoms with van der Waals surface area (Å²) < 4.78 is 22.9. The number of nitrogens with two attached hydrogens (primary N) is 1. The number of carbonyl (C=O) groups is 1. The minimum atomic E-state index is -3.14. The lowest BCUT2D eigenvalue weighted by atomic mass is 10.1. The zero-order valence-corrected chi connectivity index (χ0v) is 15.2. The van der Waals surface area contributed by atoms with Crippen molar-refractivity contribution in [1.29, 1.82) is 0 Å². The molecule has 0 spiro atoms. The van der Waals surface area contributed by atoms with E-state index in [2.05, 4.69) is 0 Å². The number of hydrogen-bond acceptors (Lipinski definition) is 4. The monoisotopic (exact) mass is 360 g/mol. The number of sulfone groups is 1. The maximum Gasteiger partial charge on any atom is 0.253 e. The van der Waals surface area contributed by atoms with Crippen LogP contribution in [0.4, 0.5) is 0 Å². The largest absolute Gasteiger partial charge is 0.337 e. The number of carbonyl (C=O) groups excluding carboxylic acids is 1. The van der Waals surface area contributed by atoms with E-state index in [1.807, 2.05) is 30.3 Å². The van der Waals surface area contributed by atoms with Crippen molar-refractivity contribution in [3.63, 3.8) is 0 Å². The summed E-state index contributed by atoms with van der Waals surface area (Å²) in [5.41, 5.74) is 7.91. The van der Waals surface area contributed by atoms with E-state index in [9.17, 15) is 13.2 Å². The van der Waals surface area contributed by atoms with E-state index >= 15 is 0 Å². The van der Waals surface area contributed by atoms with Gasteiger partial charge in [0.05, 0.1) is 5.75 Å². The Morgan fingerprint density at radius 2 is 1.68 bits per heavy atom. The first-order chi connectivity index (χ1) is 11.9. The Labute approximate surface area is 149 Å². The Bertz CT molecular complexity index is 804. The van der Waals surface area contributed by atoms with Gasteiger partial charge in [-0.3, -0.25) is 4.79 Å². The van der Waals surface area contributed by atoms with Gasteiger partial charge in [-0.15, -0.1) is 0 Å². The van der Waals surface area contributed by atoms with Gasteiger partial charge in [-0.25, -0.2) is 8.42 Å². The van der Waals surface area contributed by atoms with Crippen LogP contribution in [0.3, 0.4) is 0 Å². The lowest BCUT2D eigenvalue weighted by Gasteiger charge is -2.22. The van der Waals surface area contributed by atoms with Crippen LogP contribution < -0.4 is 5.73 Å². The predicted octanol–water partition coefficient (Wildman–Crippen LogP) is 1.87. The van der Waals surface area contributed by atoms with Gasteiger partial charge in [-0.1, -0.05) is 42.5 Å². The van der Waals surface area contributed by atoms with Crippen LogP contribution in [0.15, 0.2) is 54.6 Å². The van der Waals surface area contributed by atoms with Crippen LogP contribution in [-0.4, -0.2) is 45.1 Å². The molecular weight excluding hydrogens is 336 g/mol. The fraction of sp³-hybridized carbons (Fsp3) is 0.316. The summed E-state index contributed by atoms with van der Waals surface area (Å²) in [6, 6.07) is 16.7. The summed E-state index contributed by atoms with van der Waals surface area (Å²) in [6.45, 7) is 1.40. The van der Waals surface area contributed by atoms with Crippen LogP contribution in [0.2, 0.25) is 0 Å². The number of nitrogens with zero attached hydrogens (tertiary/aromatic N) is 1. The minimum Gasteiger partial charge on any atom is -0.337 e. The van der Waals surface area contributed by atoms with Gasteiger partial charge in [0.25, 0.3) is 5.91 Å². The molecule has 0 atom stereocenters. The van der Waals surface area contributed by atoms with Crippen molar-refractivity contribution in [1.82, 2.24) is 4.90 Å². The molecule has 2 aromatic rings. The lowest BCUT2D eigenvalue weighted by Crippen LogP contribution is -2.37. The predicted molar refractivity (Wildman–Crippen MR) is 100 cm³/mol. The number of amides is 1. The molecule has 6 heteroatoms. The van der Waals surface area contributed by atoms with Gasteiger partial charge in [0.1, 0.15) is 0 Å². The highest BCUT2D eigenvalue weighted by Crippen LogP contribution is 2.12. The zero-order chi connectivity index (χ0) is 18.3. The molecule has 2 N–H and O–H groups in total. The average molecular weight is 360 g/mol. The molecule has 134 valence electrons. The van der Waals surface area contributed by atoms with E-state index in [1.54, 1.807) is 29.2 Å². The van der Waals surface area contributed by atoms with Crippen molar-refractivity contribution >= 4 is 15.7 Å². The molecule has 0 aliphatic rings. The van der Waals surface area contributed by atoms with Gasteiger partial charge in [0, 0.05) is 31.5 Å². The highest BCUT2D eigenvalue weighted by Gasteiger charge is 2.16. The van der Waals surface area contributed by atoms with E-state index in [4.69, 9.17) is 5.73 Å². The van der Waals surface area contributed by atoms with Crippen molar-refractivity contribution in [3.8, 4) is 0 Å². The summed E-state index contributed by atoms with van der Waals surface area (Å²) in [6.07, 6.45) is 1.93. The highest BCUT2D eigenvalue weighted by atomic mass is 32.2. The molecule has 0 unspecified atom stereocenters. The average Bonchev–Trinajstić information content (AvgIpc) is 2.57. The molecule has 0 bridgehead atoms. The van der Waals surface area contributed by atoms with Gasteiger partial charge >= 0.3 is 0 Å². The van der Waals surface area contributed by atoms with E-state index in [-0.39, 0.29) is 11.7 Å². The lowest BCUT2D eigenvalue weighted by molar-refractivity contribution is 0.0762. The SMILES string of the molecule is CS(=O)(=O)Cc1cccc(C(=O)N(CCN)CCc2ccccc2)c1. The van der Waals surface area contributed by atoms with E-state index in [1.165, 1.54) is 6.26 Å². The summed E-state index contributed by atoms with van der Waals surface area (Å²) in [5.74, 6) is -0.202. The first kappa shape index (κ1) is 19.1. The van der Waals surface area contributed by atoms with E-state index < -0.39 is 9.84 Å². The second-order valence-corrected chi connectivity index (χ2v) is 8.23. The molecule has 0 aliphatic heterocycles. The van der Waals surface area contributed by atoms with Gasteiger partial charge in [-0.2, -0.15) is 0 Å². The Hall–Kier alpha value is -2.18. The summed E-state index contributed by atoms with van der Waals surface area (Å²) in [5, 5.41) is 0. The molecule has 0 fully saturated rings. The molecule has 0 saturated carbocycles. The first-order valence-corrected chi connectivity index (χ1v) is 10.2. The quantitative estimate of drug-likeness (QED) is 0.779. The maximum atomic E-state index is 12.8. The molecule has 0 saturated heterocycles. The van der Waals surface area contributed by atoms with E-state index in [0.29, 0.717) is 30.8 Å². The van der Waals surface area contributed by atoms with Crippen molar-refractivity contribution < 1.29 is 13.2 Å². The van der Waals surface area contributed by atoms with Crippen LogP contribution in [0, 0.1) is 0 Å². The third kappa shape index (κ3) is 6.32. The molecule has 0 radical (unpaired) electrons. The molecule has 0 heterocycles. The topological polar surface area (TPSA) is 80.5 Å². The number of benzene rings is 2. The molecule has 5 nitrogen and oxygen atoms in total. The van der Waals surface area contributed by atoms with Gasteiger partial charge in [0.15, 0.2) is 9.84 Å². The normalized spacial score (nSPS) is 11.3. The number of rotatable bonds is 8. The smallest absolute Gasteiger partial charge is 0.253 e. The second kappa shape index (κ2) is 8.78. The standard InChI is InChI=1S/C19H24N2O3S/c1-25(23,24)15-17-8-5-9-18(14-17)19(22)21(13-11-20)12-10-16-6-3-2-4-7-16/h2-9,14H,10-13,15,20H2,1H3. The molecule has 25 heavy (non-hydrogen) atoms. The van der Waals surface area contributed by atoms with Crippen molar-refractivity contribution in [2.75, 3.05) is 25.9 Å². The Morgan fingerprint density at radius 1 is 1.00 bits per heavy atom. The third-order valence-electron chi connectivity index (χ3n) is 3.80. The molecule has 2 rings (SSSR count). The molecule has 0 aliphatic carbocycles. The number of hydrogen-bond donors (Lipinski definition) is 1. The fourth-order valence-electron chi connectivity index (χ4n) is 2.66. The first-order valence-electron chi connectivity index (χ1n) is 8.19. The summed E-state index contributed by atoms with van der Waals surface area (Å²) >= 11 is 0. The second-order valence-electron chi connectivity index (χ2n) is 6.09. The van der Waals surface area contributed by atoms with Crippen molar-refractivity contribution in [2.24, 2.45) is 5.73 Å². The molecular formula is C19H24N2O3S. The minimum absolute atomic E-state index is 0.0744. The third-order valence-corrected chi connectivity index (χ3v) is 4.66. The fourth-order valence-corrected chi connectivity index (χ4v) is 3.44. The van der Waals surface area contributed by atoms with Crippen molar-refractivity contribution in [3.05, 3.63) is 71.3 Å². The van der Waals surface area contributed by atoms with Crippen LogP contribution in [0.1, 0.15) is 21.5 Å². The molecule has 0 aromatic heterocycles. The van der Waals surface area contributed by atoms with Crippen LogP contribution in [0.25, 0.3) is 0 Å². The van der Waals surface area contributed by atoms with Gasteiger partial charge in [-0.05, 0) is 29.7 Å². The Kier molecular flexibility index (Phi) is 6.73. The summed E-state index contributed by atoms with van der Waals surface area (Å²) in [4.78, 5) is 14.5. The van der Waals surface area contributed by atoms with Crippen molar-refractivity contribution in [2.45, 2.75) is 12.2 Å². The Balaban J connectivity index is 2.12. The van der Waals surface area contributed by atoms with Crippen LogP contribution >= 0.6 is 0 Å².